The Morgan fingerprint density at radius 2 is 2.18 bits per heavy atom. The predicted octanol–water partition coefficient (Wildman–Crippen LogP) is 1.65. The van der Waals surface area contributed by atoms with Crippen LogP contribution in [0.25, 0.3) is 0 Å². The highest BCUT2D eigenvalue weighted by Crippen LogP contribution is 2.25. The molecule has 0 aliphatic carbocycles. The number of aromatic nitrogens is 3. The van der Waals surface area contributed by atoms with Gasteiger partial charge in [0.1, 0.15) is 0 Å². The molecule has 0 saturated carbocycles. The lowest BCUT2D eigenvalue weighted by atomic mass is 10.1. The maximum absolute atomic E-state index is 12.0. The van der Waals surface area contributed by atoms with Gasteiger partial charge >= 0.3 is 0 Å². The van der Waals surface area contributed by atoms with Crippen molar-refractivity contribution >= 4 is 10.8 Å². The fraction of sp³-hybridized carbons (Fsp3) is 0.500. The molecule has 0 aromatic carbocycles. The van der Waals surface area contributed by atoms with E-state index in [0.29, 0.717) is 5.75 Å². The van der Waals surface area contributed by atoms with Gasteiger partial charge in [-0.2, -0.15) is 5.10 Å². The van der Waals surface area contributed by atoms with Gasteiger partial charge in [0.2, 0.25) is 0 Å². The maximum Gasteiger partial charge on any atom is 0.0538 e. The molecule has 5 nitrogen and oxygen atoms in total. The van der Waals surface area contributed by atoms with Gasteiger partial charge in [0.05, 0.1) is 6.20 Å². The first kappa shape index (κ1) is 15.4. The van der Waals surface area contributed by atoms with Crippen LogP contribution >= 0.6 is 0 Å². The largest absolute Gasteiger partial charge is 0.294 e. The minimum absolute atomic E-state index is 0.219. The smallest absolute Gasteiger partial charge is 0.0538 e. The molecule has 0 spiro atoms. The Labute approximate surface area is 133 Å². The van der Waals surface area contributed by atoms with Gasteiger partial charge in [-0.05, 0) is 31.0 Å². The Kier molecular flexibility index (Phi) is 5.00. The normalized spacial score (nSPS) is 22.8. The summed E-state index contributed by atoms with van der Waals surface area (Å²) in [6, 6.07) is 4.34. The van der Waals surface area contributed by atoms with Gasteiger partial charge < -0.3 is 0 Å². The van der Waals surface area contributed by atoms with Crippen molar-refractivity contribution in [2.75, 3.05) is 24.6 Å². The molecule has 1 aliphatic rings. The molecular weight excluding hydrogens is 296 g/mol. The van der Waals surface area contributed by atoms with Crippen LogP contribution in [-0.2, 0) is 23.8 Å². The van der Waals surface area contributed by atoms with E-state index >= 15 is 0 Å². The van der Waals surface area contributed by atoms with E-state index in [-0.39, 0.29) is 6.04 Å². The molecule has 0 radical (unpaired) electrons. The molecular formula is C16H22N4OS. The van der Waals surface area contributed by atoms with Crippen molar-refractivity contribution in [2.45, 2.75) is 25.9 Å². The number of rotatable bonds is 5. The molecule has 1 aliphatic heterocycles. The highest BCUT2D eigenvalue weighted by atomic mass is 32.2. The van der Waals surface area contributed by atoms with Gasteiger partial charge in [0, 0.05) is 72.1 Å². The maximum atomic E-state index is 12.0. The van der Waals surface area contributed by atoms with Gasteiger partial charge in [-0.25, -0.2) is 0 Å². The van der Waals surface area contributed by atoms with Crippen LogP contribution in [0.2, 0.25) is 0 Å². The quantitative estimate of drug-likeness (QED) is 0.841. The third kappa shape index (κ3) is 3.62. The summed E-state index contributed by atoms with van der Waals surface area (Å²) in [4.78, 5) is 6.50. The van der Waals surface area contributed by atoms with E-state index in [4.69, 9.17) is 0 Å². The van der Waals surface area contributed by atoms with E-state index in [1.165, 1.54) is 11.1 Å². The van der Waals surface area contributed by atoms with Gasteiger partial charge in [0.25, 0.3) is 0 Å². The summed E-state index contributed by atoms with van der Waals surface area (Å²) < 4.78 is 13.9. The van der Waals surface area contributed by atoms with E-state index in [0.717, 1.165) is 31.8 Å². The van der Waals surface area contributed by atoms with Gasteiger partial charge in [0.15, 0.2) is 0 Å². The summed E-state index contributed by atoms with van der Waals surface area (Å²) >= 11 is 0. The number of nitrogens with zero attached hydrogens (tertiary/aromatic N) is 4. The predicted molar refractivity (Wildman–Crippen MR) is 88.0 cm³/mol. The first-order valence-electron chi connectivity index (χ1n) is 7.76. The number of pyridine rings is 1. The second-order valence-electron chi connectivity index (χ2n) is 5.60. The number of hydrogen-bond acceptors (Lipinski definition) is 4. The molecule has 2 aromatic heterocycles. The van der Waals surface area contributed by atoms with Crippen LogP contribution < -0.4 is 0 Å². The first-order chi connectivity index (χ1) is 10.8. The topological polar surface area (TPSA) is 51.0 Å². The van der Waals surface area contributed by atoms with Crippen molar-refractivity contribution in [3.63, 3.8) is 0 Å². The Balaban J connectivity index is 1.71. The Bertz CT molecular complexity index is 628. The monoisotopic (exact) mass is 318 g/mol. The van der Waals surface area contributed by atoms with E-state index in [2.05, 4.69) is 40.2 Å². The van der Waals surface area contributed by atoms with E-state index in [1.807, 2.05) is 23.3 Å². The summed E-state index contributed by atoms with van der Waals surface area (Å²) in [7, 11) is -0.721. The molecule has 118 valence electrons. The summed E-state index contributed by atoms with van der Waals surface area (Å²) in [6.07, 6.45) is 8.68. The van der Waals surface area contributed by atoms with Crippen molar-refractivity contribution in [3.05, 3.63) is 48.0 Å². The average Bonchev–Trinajstić information content (AvgIpc) is 3.03. The lowest BCUT2D eigenvalue weighted by Crippen LogP contribution is -2.41. The van der Waals surface area contributed by atoms with Crippen molar-refractivity contribution in [1.29, 1.82) is 0 Å². The molecule has 6 heteroatoms. The average molecular weight is 318 g/mol. The highest BCUT2D eigenvalue weighted by Gasteiger charge is 2.28. The highest BCUT2D eigenvalue weighted by molar-refractivity contribution is 7.85. The zero-order valence-electron chi connectivity index (χ0n) is 12.9. The van der Waals surface area contributed by atoms with Crippen molar-refractivity contribution in [2.24, 2.45) is 0 Å². The summed E-state index contributed by atoms with van der Waals surface area (Å²) in [5.41, 5.74) is 2.48. The first-order valence-corrected chi connectivity index (χ1v) is 9.25. The molecule has 2 aromatic rings. The lowest BCUT2D eigenvalue weighted by molar-refractivity contribution is 0.221. The molecule has 1 fully saturated rings. The molecule has 0 N–H and O–H groups in total. The lowest BCUT2D eigenvalue weighted by Gasteiger charge is -2.34. The third-order valence-corrected chi connectivity index (χ3v) is 5.52. The SMILES string of the molecule is CCn1cc(C2CS(=O)CCN2CCc2ccncc2)cn1. The molecule has 22 heavy (non-hydrogen) atoms. The second kappa shape index (κ2) is 7.15. The zero-order chi connectivity index (χ0) is 15.4. The van der Waals surface area contributed by atoms with Gasteiger partial charge in [-0.3, -0.25) is 18.8 Å². The molecule has 3 heterocycles. The van der Waals surface area contributed by atoms with Crippen LogP contribution in [0.4, 0.5) is 0 Å². The minimum Gasteiger partial charge on any atom is -0.294 e. The summed E-state index contributed by atoms with van der Waals surface area (Å²) in [6.45, 7) is 4.81. The number of aryl methyl sites for hydroxylation is 1. The van der Waals surface area contributed by atoms with Crippen LogP contribution in [0.15, 0.2) is 36.9 Å². The van der Waals surface area contributed by atoms with E-state index < -0.39 is 10.8 Å². The fourth-order valence-corrected chi connectivity index (χ4v) is 4.22. The van der Waals surface area contributed by atoms with Crippen molar-refractivity contribution in [3.8, 4) is 0 Å². The summed E-state index contributed by atoms with van der Waals surface area (Å²) in [5.74, 6) is 1.49. The van der Waals surface area contributed by atoms with Crippen LogP contribution in [0.1, 0.15) is 24.1 Å². The Morgan fingerprint density at radius 1 is 1.36 bits per heavy atom. The fourth-order valence-electron chi connectivity index (χ4n) is 2.86. The zero-order valence-corrected chi connectivity index (χ0v) is 13.7. The van der Waals surface area contributed by atoms with Crippen LogP contribution in [0.5, 0.6) is 0 Å². The minimum atomic E-state index is -0.721. The van der Waals surface area contributed by atoms with E-state index in [9.17, 15) is 4.21 Å². The second-order valence-corrected chi connectivity index (χ2v) is 7.22. The van der Waals surface area contributed by atoms with Crippen LogP contribution in [-0.4, -0.2) is 48.5 Å². The molecule has 2 unspecified atom stereocenters. The van der Waals surface area contributed by atoms with Crippen molar-refractivity contribution < 1.29 is 4.21 Å². The van der Waals surface area contributed by atoms with E-state index in [1.54, 1.807) is 0 Å². The van der Waals surface area contributed by atoms with Gasteiger partial charge in [-0.1, -0.05) is 0 Å². The third-order valence-electron chi connectivity index (χ3n) is 4.19. The standard InChI is InChI=1S/C16H22N4OS/c1-2-20-12-15(11-18-20)16-13-22(21)10-9-19(16)8-5-14-3-6-17-7-4-14/h3-4,6-7,11-12,16H,2,5,8-10,13H2,1H3. The Hall–Kier alpha value is -1.53. The van der Waals surface area contributed by atoms with Crippen molar-refractivity contribution in [1.82, 2.24) is 19.7 Å². The Morgan fingerprint density at radius 3 is 2.91 bits per heavy atom. The molecule has 0 bridgehead atoms. The summed E-state index contributed by atoms with van der Waals surface area (Å²) in [5, 5.41) is 4.37. The van der Waals surface area contributed by atoms with Crippen LogP contribution in [0.3, 0.4) is 0 Å². The molecule has 3 rings (SSSR count). The molecule has 0 amide bonds. The van der Waals surface area contributed by atoms with Gasteiger partial charge in [-0.15, -0.1) is 0 Å². The number of hydrogen-bond donors (Lipinski definition) is 0. The molecule has 1 saturated heterocycles. The van der Waals surface area contributed by atoms with Crippen LogP contribution in [0, 0.1) is 0 Å². The molecule has 2 atom stereocenters.